The molecule has 1 aromatic carbocycles. The molecule has 4 rings (SSSR count). The molecule has 2 aliphatic rings. The first-order valence-corrected chi connectivity index (χ1v) is 9.09. The predicted octanol–water partition coefficient (Wildman–Crippen LogP) is 3.53. The van der Waals surface area contributed by atoms with E-state index in [1.165, 1.54) is 12.0 Å². The van der Waals surface area contributed by atoms with Crippen LogP contribution in [-0.4, -0.2) is 33.9 Å². The number of hydrogen-bond acceptors (Lipinski definition) is 2. The van der Waals surface area contributed by atoms with Gasteiger partial charge >= 0.3 is 0 Å². The minimum absolute atomic E-state index is 0.160. The number of carbonyl (C=O) groups excluding carboxylic acids is 1. The fourth-order valence-electron chi connectivity index (χ4n) is 4.28. The van der Waals surface area contributed by atoms with Crippen molar-refractivity contribution in [2.75, 3.05) is 13.1 Å². The molecule has 1 aliphatic heterocycles. The summed E-state index contributed by atoms with van der Waals surface area (Å²) in [4.78, 5) is 23.1. The molecule has 1 saturated heterocycles. The van der Waals surface area contributed by atoms with Crippen molar-refractivity contribution in [2.24, 2.45) is 5.41 Å². The van der Waals surface area contributed by atoms with Crippen molar-refractivity contribution in [1.82, 2.24) is 14.9 Å². The van der Waals surface area contributed by atoms with Gasteiger partial charge in [0.05, 0.1) is 5.41 Å². The summed E-state index contributed by atoms with van der Waals surface area (Å²) in [5.41, 5.74) is 1.12. The van der Waals surface area contributed by atoms with Gasteiger partial charge in [0.1, 0.15) is 5.82 Å². The smallest absolute Gasteiger partial charge is 0.229 e. The molecule has 126 valence electrons. The van der Waals surface area contributed by atoms with Crippen molar-refractivity contribution in [2.45, 2.75) is 44.4 Å². The largest absolute Gasteiger partial charge is 0.348 e. The second-order valence-corrected chi connectivity index (χ2v) is 7.36. The Bertz CT molecular complexity index is 676. The minimum atomic E-state index is -0.160. The molecule has 2 aromatic rings. The van der Waals surface area contributed by atoms with Crippen LogP contribution in [0, 0.1) is 5.41 Å². The van der Waals surface area contributed by atoms with Crippen LogP contribution in [0.4, 0.5) is 0 Å². The van der Waals surface area contributed by atoms with Gasteiger partial charge in [0.25, 0.3) is 0 Å². The molecule has 4 heteroatoms. The monoisotopic (exact) mass is 323 g/mol. The highest BCUT2D eigenvalue weighted by atomic mass is 16.2. The molecule has 1 aromatic heterocycles. The van der Waals surface area contributed by atoms with Crippen molar-refractivity contribution < 1.29 is 4.79 Å². The second-order valence-electron chi connectivity index (χ2n) is 7.36. The summed E-state index contributed by atoms with van der Waals surface area (Å²) in [5, 5.41) is 0. The van der Waals surface area contributed by atoms with Crippen molar-refractivity contribution >= 4 is 5.91 Å². The van der Waals surface area contributed by atoms with Gasteiger partial charge in [-0.15, -0.1) is 0 Å². The van der Waals surface area contributed by atoms with Crippen molar-refractivity contribution in [3.05, 3.63) is 54.1 Å². The van der Waals surface area contributed by atoms with Gasteiger partial charge in [-0.3, -0.25) is 4.79 Å². The van der Waals surface area contributed by atoms with E-state index >= 15 is 0 Å². The lowest BCUT2D eigenvalue weighted by Crippen LogP contribution is -2.51. The van der Waals surface area contributed by atoms with E-state index in [4.69, 9.17) is 0 Å². The summed E-state index contributed by atoms with van der Waals surface area (Å²) < 4.78 is 0. The van der Waals surface area contributed by atoms with Crippen LogP contribution in [0.5, 0.6) is 0 Å². The maximum absolute atomic E-state index is 13.3. The summed E-state index contributed by atoms with van der Waals surface area (Å²) >= 11 is 0. The Morgan fingerprint density at radius 3 is 2.75 bits per heavy atom. The third-order valence-corrected chi connectivity index (χ3v) is 5.76. The maximum atomic E-state index is 13.3. The van der Waals surface area contributed by atoms with Crippen LogP contribution < -0.4 is 0 Å². The lowest BCUT2D eigenvalue weighted by atomic mass is 9.64. The maximum Gasteiger partial charge on any atom is 0.229 e. The van der Waals surface area contributed by atoms with E-state index in [0.717, 1.165) is 51.0 Å². The summed E-state index contributed by atoms with van der Waals surface area (Å²) in [6, 6.07) is 10.5. The van der Waals surface area contributed by atoms with Crippen LogP contribution in [0.25, 0.3) is 0 Å². The van der Waals surface area contributed by atoms with Gasteiger partial charge in [-0.25, -0.2) is 4.98 Å². The van der Waals surface area contributed by atoms with Crippen molar-refractivity contribution in [3.8, 4) is 0 Å². The molecule has 2 fully saturated rings. The zero-order valence-electron chi connectivity index (χ0n) is 14.1. The standard InChI is InChI=1S/C20H25N3O/c24-19(20(9-5-10-20)14-16-6-2-1-3-7-16)23-13-4-8-17(15-23)18-21-11-12-22-18/h1-3,6-7,11-12,17H,4-5,8-10,13-15H2,(H,21,22)/t17-/m0/s1. The van der Waals surface area contributed by atoms with Crippen molar-refractivity contribution in [3.63, 3.8) is 0 Å². The molecule has 1 saturated carbocycles. The Morgan fingerprint density at radius 2 is 2.08 bits per heavy atom. The van der Waals surface area contributed by atoms with E-state index in [1.54, 1.807) is 6.20 Å². The van der Waals surface area contributed by atoms with Crippen LogP contribution >= 0.6 is 0 Å². The van der Waals surface area contributed by atoms with E-state index in [2.05, 4.69) is 39.1 Å². The molecule has 0 spiro atoms. The number of carbonyl (C=O) groups is 1. The quantitative estimate of drug-likeness (QED) is 0.936. The van der Waals surface area contributed by atoms with Gasteiger partial charge in [-0.05, 0) is 37.7 Å². The molecule has 1 N–H and O–H groups in total. The molecule has 0 bridgehead atoms. The third-order valence-electron chi connectivity index (χ3n) is 5.76. The van der Waals surface area contributed by atoms with E-state index in [-0.39, 0.29) is 5.41 Å². The first-order valence-electron chi connectivity index (χ1n) is 9.09. The van der Waals surface area contributed by atoms with E-state index < -0.39 is 0 Å². The van der Waals surface area contributed by atoms with Crippen LogP contribution in [0.1, 0.15) is 49.4 Å². The molecule has 1 aliphatic carbocycles. The molecule has 1 amide bonds. The van der Waals surface area contributed by atoms with E-state index in [1.807, 2.05) is 12.3 Å². The fraction of sp³-hybridized carbons (Fsp3) is 0.500. The zero-order chi connectivity index (χ0) is 16.4. The summed E-state index contributed by atoms with van der Waals surface area (Å²) in [6.07, 6.45) is 9.98. The number of imidazole rings is 1. The summed E-state index contributed by atoms with van der Waals surface area (Å²) in [6.45, 7) is 1.70. The number of nitrogens with zero attached hydrogens (tertiary/aromatic N) is 2. The normalized spacial score (nSPS) is 22.8. The van der Waals surface area contributed by atoms with E-state index in [0.29, 0.717) is 11.8 Å². The van der Waals surface area contributed by atoms with E-state index in [9.17, 15) is 4.79 Å². The number of aromatic nitrogens is 2. The lowest BCUT2D eigenvalue weighted by molar-refractivity contribution is -0.148. The number of aromatic amines is 1. The first kappa shape index (κ1) is 15.4. The van der Waals surface area contributed by atoms with Gasteiger partial charge in [0.15, 0.2) is 0 Å². The van der Waals surface area contributed by atoms with Gasteiger partial charge in [-0.2, -0.15) is 0 Å². The average molecular weight is 323 g/mol. The Morgan fingerprint density at radius 1 is 1.25 bits per heavy atom. The topological polar surface area (TPSA) is 49.0 Å². The molecule has 4 nitrogen and oxygen atoms in total. The van der Waals surface area contributed by atoms with Gasteiger partial charge in [0, 0.05) is 31.4 Å². The highest BCUT2D eigenvalue weighted by Crippen LogP contribution is 2.46. The number of amides is 1. The highest BCUT2D eigenvalue weighted by Gasteiger charge is 2.46. The number of likely N-dealkylation sites (tertiary alicyclic amines) is 1. The molecule has 2 heterocycles. The minimum Gasteiger partial charge on any atom is -0.348 e. The summed E-state index contributed by atoms with van der Waals surface area (Å²) in [7, 11) is 0. The molecule has 24 heavy (non-hydrogen) atoms. The van der Waals surface area contributed by atoms with Gasteiger partial charge in [-0.1, -0.05) is 36.8 Å². The van der Waals surface area contributed by atoms with Crippen LogP contribution in [0.3, 0.4) is 0 Å². The number of hydrogen-bond donors (Lipinski definition) is 1. The number of H-pyrrole nitrogens is 1. The average Bonchev–Trinajstić information content (AvgIpc) is 3.13. The highest BCUT2D eigenvalue weighted by molar-refractivity contribution is 5.84. The molecular formula is C20H25N3O. The number of rotatable bonds is 4. The Labute approximate surface area is 143 Å². The Kier molecular flexibility index (Phi) is 4.13. The van der Waals surface area contributed by atoms with Crippen LogP contribution in [-0.2, 0) is 11.2 Å². The first-order chi connectivity index (χ1) is 11.8. The predicted molar refractivity (Wildman–Crippen MR) is 93.6 cm³/mol. The van der Waals surface area contributed by atoms with Gasteiger partial charge < -0.3 is 9.88 Å². The number of benzene rings is 1. The Hall–Kier alpha value is -2.10. The molecular weight excluding hydrogens is 298 g/mol. The third kappa shape index (κ3) is 2.85. The Balaban J connectivity index is 1.49. The van der Waals surface area contributed by atoms with Gasteiger partial charge in [0.2, 0.25) is 5.91 Å². The number of piperidine rings is 1. The number of nitrogens with one attached hydrogen (secondary N) is 1. The zero-order valence-corrected chi connectivity index (χ0v) is 14.1. The molecule has 0 radical (unpaired) electrons. The van der Waals surface area contributed by atoms with Crippen LogP contribution in [0.2, 0.25) is 0 Å². The molecule has 1 atom stereocenters. The van der Waals surface area contributed by atoms with Crippen molar-refractivity contribution in [1.29, 1.82) is 0 Å². The molecule has 0 unspecified atom stereocenters. The lowest BCUT2D eigenvalue weighted by Gasteiger charge is -2.45. The second kappa shape index (κ2) is 6.42. The fourth-order valence-corrected chi connectivity index (χ4v) is 4.28. The SMILES string of the molecule is O=C(N1CCC[C@H](c2ncc[nH]2)C1)C1(Cc2ccccc2)CCC1. The summed E-state index contributed by atoms with van der Waals surface area (Å²) in [5.74, 6) is 1.75. The van der Waals surface area contributed by atoms with Crippen LogP contribution in [0.15, 0.2) is 42.7 Å².